The number of fused-ring (bicyclic) bond motifs is 1. The average molecular weight is 375 g/mol. The summed E-state index contributed by atoms with van der Waals surface area (Å²) in [4.78, 5) is 13.1. The number of alkyl halides is 3. The van der Waals surface area contributed by atoms with Gasteiger partial charge < -0.3 is 9.67 Å². The summed E-state index contributed by atoms with van der Waals surface area (Å²) < 4.78 is 40.5. The van der Waals surface area contributed by atoms with Crippen molar-refractivity contribution in [2.24, 2.45) is 0 Å². The van der Waals surface area contributed by atoms with Crippen LogP contribution in [0.25, 0.3) is 0 Å². The van der Waals surface area contributed by atoms with Crippen LogP contribution in [0.15, 0.2) is 18.2 Å². The first-order valence-corrected chi connectivity index (χ1v) is 7.75. The van der Waals surface area contributed by atoms with Gasteiger partial charge in [-0.15, -0.1) is 10.2 Å². The molecule has 0 radical (unpaired) electrons. The van der Waals surface area contributed by atoms with Crippen molar-refractivity contribution in [3.63, 3.8) is 0 Å². The van der Waals surface area contributed by atoms with Crippen molar-refractivity contribution in [3.8, 4) is 0 Å². The molecule has 0 saturated heterocycles. The monoisotopic (exact) mass is 374 g/mol. The number of aliphatic carboxylic acids is 1. The largest absolute Gasteiger partial charge is 0.480 e. The molecule has 134 valence electrons. The number of aromatic nitrogens is 3. The van der Waals surface area contributed by atoms with Crippen LogP contribution in [0.4, 0.5) is 13.2 Å². The number of hydrogen-bond acceptors (Lipinski definition) is 4. The number of carbonyl (C=O) groups is 1. The van der Waals surface area contributed by atoms with Gasteiger partial charge in [0.25, 0.3) is 0 Å². The molecule has 1 N–H and O–H groups in total. The lowest BCUT2D eigenvalue weighted by Crippen LogP contribution is -2.47. The van der Waals surface area contributed by atoms with Crippen LogP contribution in [-0.2, 0) is 30.6 Å². The van der Waals surface area contributed by atoms with Gasteiger partial charge in [-0.05, 0) is 30.7 Å². The van der Waals surface area contributed by atoms with Crippen LogP contribution in [0.5, 0.6) is 0 Å². The fourth-order valence-corrected chi connectivity index (χ4v) is 3.16. The first-order chi connectivity index (χ1) is 11.6. The third-order valence-corrected chi connectivity index (χ3v) is 4.33. The Morgan fingerprint density at radius 2 is 2.08 bits per heavy atom. The summed E-state index contributed by atoms with van der Waals surface area (Å²) in [7, 11) is 0. The quantitative estimate of drug-likeness (QED) is 0.894. The van der Waals surface area contributed by atoms with Crippen LogP contribution in [0.1, 0.15) is 22.8 Å². The molecule has 6 nitrogen and oxygen atoms in total. The van der Waals surface area contributed by atoms with E-state index in [0.29, 0.717) is 11.6 Å². The highest BCUT2D eigenvalue weighted by Gasteiger charge is 2.35. The molecule has 1 atom stereocenters. The van der Waals surface area contributed by atoms with E-state index in [1.165, 1.54) is 6.07 Å². The first kappa shape index (κ1) is 17.7. The number of rotatable bonds is 3. The minimum Gasteiger partial charge on any atom is -0.480 e. The van der Waals surface area contributed by atoms with Crippen LogP contribution >= 0.6 is 11.6 Å². The second kappa shape index (κ2) is 6.30. The van der Waals surface area contributed by atoms with Gasteiger partial charge in [-0.3, -0.25) is 9.69 Å². The first-order valence-electron chi connectivity index (χ1n) is 7.37. The zero-order chi connectivity index (χ0) is 18.4. The van der Waals surface area contributed by atoms with Crippen molar-refractivity contribution in [2.45, 2.75) is 38.8 Å². The molecule has 1 aliphatic rings. The van der Waals surface area contributed by atoms with E-state index in [-0.39, 0.29) is 30.2 Å². The summed E-state index contributed by atoms with van der Waals surface area (Å²) in [5.74, 6) is 0.118. The number of carboxylic acid groups (broad SMARTS) is 1. The van der Waals surface area contributed by atoms with Crippen LogP contribution in [0.2, 0.25) is 5.02 Å². The summed E-state index contributed by atoms with van der Waals surface area (Å²) in [6, 6.07) is 2.33. The third kappa shape index (κ3) is 3.62. The van der Waals surface area contributed by atoms with Crippen LogP contribution in [-0.4, -0.2) is 36.8 Å². The highest BCUT2D eigenvalue weighted by atomic mass is 35.5. The van der Waals surface area contributed by atoms with E-state index >= 15 is 0 Å². The fraction of sp³-hybridized carbons (Fsp3) is 0.400. The number of carboxylic acids is 1. The molecule has 1 aliphatic heterocycles. The van der Waals surface area contributed by atoms with Gasteiger partial charge in [0.1, 0.15) is 17.7 Å². The molecule has 10 heteroatoms. The molecular weight excluding hydrogens is 361 g/mol. The zero-order valence-corrected chi connectivity index (χ0v) is 13.8. The number of halogens is 4. The van der Waals surface area contributed by atoms with Crippen molar-refractivity contribution in [1.29, 1.82) is 0 Å². The molecule has 0 aliphatic carbocycles. The molecule has 0 saturated carbocycles. The van der Waals surface area contributed by atoms with Gasteiger partial charge in [-0.1, -0.05) is 11.6 Å². The minimum atomic E-state index is -4.52. The Morgan fingerprint density at radius 1 is 1.36 bits per heavy atom. The SMILES string of the molecule is Cc1nnc2n1CC(C(=O)O)N(Cc1cc(Cl)cc(C(F)(F)F)c1)C2. The Morgan fingerprint density at radius 3 is 2.72 bits per heavy atom. The van der Waals surface area contributed by atoms with E-state index < -0.39 is 23.8 Å². The van der Waals surface area contributed by atoms with Gasteiger partial charge in [-0.25, -0.2) is 0 Å². The Kier molecular flexibility index (Phi) is 4.46. The highest BCUT2D eigenvalue weighted by molar-refractivity contribution is 6.30. The van der Waals surface area contributed by atoms with Crippen molar-refractivity contribution in [2.75, 3.05) is 0 Å². The lowest BCUT2D eigenvalue weighted by molar-refractivity contribution is -0.145. The fourth-order valence-electron chi connectivity index (χ4n) is 2.90. The molecule has 25 heavy (non-hydrogen) atoms. The van der Waals surface area contributed by atoms with E-state index in [4.69, 9.17) is 11.6 Å². The summed E-state index contributed by atoms with van der Waals surface area (Å²) in [6.45, 7) is 2.03. The predicted molar refractivity (Wildman–Crippen MR) is 81.9 cm³/mol. The van der Waals surface area contributed by atoms with Crippen molar-refractivity contribution in [3.05, 3.63) is 46.0 Å². The lowest BCUT2D eigenvalue weighted by atomic mass is 10.1. The standard InChI is InChI=1S/C15H14ClF3N4O2/c1-8-20-21-13-7-22(12(14(24)25)6-23(8)13)5-9-2-10(15(17,18)19)4-11(16)3-9/h2-4,12H,5-7H2,1H3,(H,24,25). The maximum atomic E-state index is 12.9. The molecule has 0 spiro atoms. The predicted octanol–water partition coefficient (Wildman–Crippen LogP) is 2.73. The van der Waals surface area contributed by atoms with Crippen LogP contribution in [0.3, 0.4) is 0 Å². The molecule has 2 aromatic rings. The van der Waals surface area contributed by atoms with E-state index in [1.54, 1.807) is 16.4 Å². The Labute approximate surface area is 145 Å². The molecule has 3 rings (SSSR count). The molecular formula is C15H14ClF3N4O2. The smallest absolute Gasteiger partial charge is 0.416 e. The Balaban J connectivity index is 1.91. The Bertz CT molecular complexity index is 822. The van der Waals surface area contributed by atoms with Gasteiger partial charge >= 0.3 is 12.1 Å². The summed E-state index contributed by atoms with van der Waals surface area (Å²) >= 11 is 5.80. The summed E-state index contributed by atoms with van der Waals surface area (Å²) in [5, 5.41) is 17.3. The normalized spacial score (nSPS) is 18.2. The van der Waals surface area contributed by atoms with E-state index in [2.05, 4.69) is 10.2 Å². The molecule has 2 heterocycles. The van der Waals surface area contributed by atoms with Gasteiger partial charge in [0.2, 0.25) is 0 Å². The van der Waals surface area contributed by atoms with Gasteiger partial charge in [0.15, 0.2) is 0 Å². The van der Waals surface area contributed by atoms with Crippen LogP contribution in [0, 0.1) is 6.92 Å². The molecule has 1 unspecified atom stereocenters. The van der Waals surface area contributed by atoms with E-state index in [9.17, 15) is 23.1 Å². The number of hydrogen-bond donors (Lipinski definition) is 1. The molecule has 1 aromatic carbocycles. The number of benzene rings is 1. The second-order valence-corrected chi connectivity index (χ2v) is 6.32. The Hall–Kier alpha value is -2.13. The lowest BCUT2D eigenvalue weighted by Gasteiger charge is -2.33. The third-order valence-electron chi connectivity index (χ3n) is 4.11. The van der Waals surface area contributed by atoms with Crippen molar-refractivity contribution >= 4 is 17.6 Å². The summed E-state index contributed by atoms with van der Waals surface area (Å²) in [5.41, 5.74) is -0.575. The topological polar surface area (TPSA) is 71.2 Å². The van der Waals surface area contributed by atoms with Crippen LogP contribution < -0.4 is 0 Å². The minimum absolute atomic E-state index is 0.00646. The summed E-state index contributed by atoms with van der Waals surface area (Å²) in [6.07, 6.45) is -4.52. The van der Waals surface area contributed by atoms with Gasteiger partial charge in [0, 0.05) is 11.6 Å². The molecule has 0 bridgehead atoms. The van der Waals surface area contributed by atoms with E-state index in [0.717, 1.165) is 12.1 Å². The van der Waals surface area contributed by atoms with Gasteiger partial charge in [-0.2, -0.15) is 13.2 Å². The molecule has 0 fully saturated rings. The van der Waals surface area contributed by atoms with E-state index in [1.807, 2.05) is 0 Å². The zero-order valence-electron chi connectivity index (χ0n) is 13.1. The van der Waals surface area contributed by atoms with Crippen molar-refractivity contribution < 1.29 is 23.1 Å². The average Bonchev–Trinajstić information content (AvgIpc) is 2.85. The second-order valence-electron chi connectivity index (χ2n) is 5.88. The molecule has 0 amide bonds. The molecule has 1 aromatic heterocycles. The maximum absolute atomic E-state index is 12.9. The maximum Gasteiger partial charge on any atom is 0.416 e. The van der Waals surface area contributed by atoms with Gasteiger partial charge in [0.05, 0.1) is 18.7 Å². The highest BCUT2D eigenvalue weighted by Crippen LogP contribution is 2.32. The van der Waals surface area contributed by atoms with Crippen molar-refractivity contribution in [1.82, 2.24) is 19.7 Å². The number of aryl methyl sites for hydroxylation is 1. The number of nitrogens with zero attached hydrogens (tertiary/aromatic N) is 4.